The van der Waals surface area contributed by atoms with Gasteiger partial charge in [0.2, 0.25) is 0 Å². The van der Waals surface area contributed by atoms with Crippen molar-refractivity contribution in [1.29, 1.82) is 0 Å². The normalized spacial score (nSPS) is 37.1. The third-order valence-electron chi connectivity index (χ3n) is 7.28. The zero-order valence-corrected chi connectivity index (χ0v) is 15.6. The van der Waals surface area contributed by atoms with E-state index >= 15 is 0 Å². The van der Waals surface area contributed by atoms with E-state index in [-0.39, 0.29) is 36.1 Å². The quantitative estimate of drug-likeness (QED) is 0.665. The molecule has 4 fully saturated rings. The highest BCUT2D eigenvalue weighted by Gasteiger charge is 2.65. The average Bonchev–Trinajstić information content (AvgIpc) is 3.21. The molecule has 1 saturated heterocycles. The van der Waals surface area contributed by atoms with Crippen LogP contribution in [0.3, 0.4) is 0 Å². The Labute approximate surface area is 154 Å². The zero-order valence-electron chi connectivity index (χ0n) is 15.6. The molecule has 4 aliphatic rings. The molecule has 1 heterocycles. The summed E-state index contributed by atoms with van der Waals surface area (Å²) in [5.74, 6) is -0.305. The second kappa shape index (κ2) is 7.00. The first kappa shape index (κ1) is 18.0. The lowest BCUT2D eigenvalue weighted by atomic mass is 9.54. The van der Waals surface area contributed by atoms with Gasteiger partial charge in [-0.15, -0.1) is 0 Å². The Bertz CT molecular complexity index is 557. The van der Waals surface area contributed by atoms with Crippen LogP contribution < -0.4 is 10.6 Å². The van der Waals surface area contributed by atoms with E-state index in [1.807, 2.05) is 11.8 Å². The van der Waals surface area contributed by atoms with E-state index in [4.69, 9.17) is 9.84 Å². The van der Waals surface area contributed by atoms with Gasteiger partial charge in [-0.05, 0) is 38.6 Å². The zero-order chi connectivity index (χ0) is 18.3. The van der Waals surface area contributed by atoms with Crippen LogP contribution in [-0.2, 0) is 9.53 Å². The van der Waals surface area contributed by atoms with Gasteiger partial charge in [-0.2, -0.15) is 0 Å². The highest BCUT2D eigenvalue weighted by molar-refractivity contribution is 5.75. The summed E-state index contributed by atoms with van der Waals surface area (Å²) in [6, 6.07) is 0.612. The van der Waals surface area contributed by atoms with E-state index in [1.54, 1.807) is 0 Å². The van der Waals surface area contributed by atoms with Crippen molar-refractivity contribution in [2.24, 2.45) is 11.3 Å². The van der Waals surface area contributed by atoms with Crippen molar-refractivity contribution in [2.75, 3.05) is 19.7 Å². The van der Waals surface area contributed by atoms with Crippen LogP contribution in [0.4, 0.5) is 4.79 Å². The molecular formula is C19H31N3O4. The van der Waals surface area contributed by atoms with E-state index in [9.17, 15) is 9.59 Å². The van der Waals surface area contributed by atoms with Gasteiger partial charge in [0.1, 0.15) is 0 Å². The second-order valence-electron chi connectivity index (χ2n) is 8.56. The minimum absolute atomic E-state index is 0.0589. The second-order valence-corrected chi connectivity index (χ2v) is 8.56. The number of amides is 2. The Morgan fingerprint density at radius 2 is 1.96 bits per heavy atom. The molecular weight excluding hydrogens is 334 g/mol. The Hall–Kier alpha value is -1.34. The third-order valence-corrected chi connectivity index (χ3v) is 7.28. The van der Waals surface area contributed by atoms with Crippen molar-refractivity contribution in [1.82, 2.24) is 15.5 Å². The summed E-state index contributed by atoms with van der Waals surface area (Å²) in [4.78, 5) is 25.4. The minimum Gasteiger partial charge on any atom is -0.480 e. The molecule has 3 atom stereocenters. The molecule has 3 N–H and O–H groups in total. The standard InChI is InChI=1S/C19H31N3O4/c1-2-22(11-15(23)24)13-9-12(10-13)20-18(25)21-16-14-5-8-26-17(14)19(16)6-3-4-7-19/h12-14,16-17H,2-11H2,1H3,(H,23,24)(H2,20,21,25). The van der Waals surface area contributed by atoms with Crippen molar-refractivity contribution in [3.8, 4) is 0 Å². The molecule has 7 nitrogen and oxygen atoms in total. The Morgan fingerprint density at radius 3 is 2.62 bits per heavy atom. The van der Waals surface area contributed by atoms with Gasteiger partial charge in [0.05, 0.1) is 12.6 Å². The van der Waals surface area contributed by atoms with Crippen LogP contribution in [0.2, 0.25) is 0 Å². The SMILES string of the molecule is CCN(CC(=O)O)C1CC(NC(=O)NC2C3CCOC3C23CCCC3)C1. The number of carboxylic acid groups (broad SMARTS) is 1. The molecule has 0 radical (unpaired) electrons. The van der Waals surface area contributed by atoms with Gasteiger partial charge in [-0.1, -0.05) is 19.8 Å². The van der Waals surface area contributed by atoms with Gasteiger partial charge in [0.15, 0.2) is 0 Å². The van der Waals surface area contributed by atoms with E-state index in [1.165, 1.54) is 25.7 Å². The predicted octanol–water partition coefficient (Wildman–Crippen LogP) is 1.57. The number of fused-ring (bicyclic) bond motifs is 2. The number of ether oxygens (including phenoxy) is 1. The molecule has 0 aromatic carbocycles. The maximum Gasteiger partial charge on any atom is 0.317 e. The lowest BCUT2D eigenvalue weighted by Gasteiger charge is -2.56. The summed E-state index contributed by atoms with van der Waals surface area (Å²) >= 11 is 0. The lowest BCUT2D eigenvalue weighted by Crippen LogP contribution is -2.69. The van der Waals surface area contributed by atoms with E-state index in [0.29, 0.717) is 12.0 Å². The van der Waals surface area contributed by atoms with Crippen molar-refractivity contribution in [2.45, 2.75) is 76.1 Å². The monoisotopic (exact) mass is 365 g/mol. The van der Waals surface area contributed by atoms with Crippen molar-refractivity contribution >= 4 is 12.0 Å². The maximum atomic E-state index is 12.5. The average molecular weight is 365 g/mol. The van der Waals surface area contributed by atoms with E-state index in [0.717, 1.165) is 32.4 Å². The molecule has 0 aromatic heterocycles. The number of carboxylic acids is 1. The molecule has 3 saturated carbocycles. The first-order valence-electron chi connectivity index (χ1n) is 10.2. The first-order valence-corrected chi connectivity index (χ1v) is 10.2. The Morgan fingerprint density at radius 1 is 1.23 bits per heavy atom. The molecule has 1 aliphatic heterocycles. The summed E-state index contributed by atoms with van der Waals surface area (Å²) < 4.78 is 5.97. The highest BCUT2D eigenvalue weighted by Crippen LogP contribution is 2.60. The third kappa shape index (κ3) is 2.99. The van der Waals surface area contributed by atoms with Crippen LogP contribution in [0.25, 0.3) is 0 Å². The number of nitrogens with zero attached hydrogens (tertiary/aromatic N) is 1. The Balaban J connectivity index is 1.26. The van der Waals surface area contributed by atoms with Crippen molar-refractivity contribution in [3.63, 3.8) is 0 Å². The predicted molar refractivity (Wildman–Crippen MR) is 95.9 cm³/mol. The molecule has 3 aliphatic carbocycles. The molecule has 1 spiro atoms. The molecule has 0 bridgehead atoms. The fourth-order valence-corrected chi connectivity index (χ4v) is 5.95. The largest absolute Gasteiger partial charge is 0.480 e. The number of aliphatic carboxylic acids is 1. The number of hydrogen-bond acceptors (Lipinski definition) is 4. The van der Waals surface area contributed by atoms with Crippen LogP contribution in [-0.4, -0.2) is 65.9 Å². The highest BCUT2D eigenvalue weighted by atomic mass is 16.5. The summed E-state index contributed by atoms with van der Waals surface area (Å²) in [6.07, 6.45) is 7.91. The van der Waals surface area contributed by atoms with Crippen LogP contribution >= 0.6 is 0 Å². The smallest absolute Gasteiger partial charge is 0.317 e. The molecule has 26 heavy (non-hydrogen) atoms. The van der Waals surface area contributed by atoms with Crippen LogP contribution in [0, 0.1) is 11.3 Å². The molecule has 0 aromatic rings. The van der Waals surface area contributed by atoms with Gasteiger partial charge >= 0.3 is 12.0 Å². The van der Waals surface area contributed by atoms with Crippen LogP contribution in [0.5, 0.6) is 0 Å². The molecule has 7 heteroatoms. The molecule has 2 amide bonds. The molecule has 146 valence electrons. The number of hydrogen-bond donors (Lipinski definition) is 3. The summed E-state index contributed by atoms with van der Waals surface area (Å²) in [5.41, 5.74) is 0.182. The summed E-state index contributed by atoms with van der Waals surface area (Å²) in [6.45, 7) is 3.61. The van der Waals surface area contributed by atoms with Crippen molar-refractivity contribution < 1.29 is 19.4 Å². The fourth-order valence-electron chi connectivity index (χ4n) is 5.95. The number of carbonyl (C=O) groups excluding carboxylic acids is 1. The number of rotatable bonds is 6. The van der Waals surface area contributed by atoms with E-state index in [2.05, 4.69) is 10.6 Å². The minimum atomic E-state index is -0.791. The van der Waals surface area contributed by atoms with Gasteiger partial charge in [-0.3, -0.25) is 9.69 Å². The first-order chi connectivity index (χ1) is 12.5. The Kier molecular flexibility index (Phi) is 4.86. The number of carbonyl (C=O) groups is 2. The summed E-state index contributed by atoms with van der Waals surface area (Å²) in [5, 5.41) is 15.3. The topological polar surface area (TPSA) is 90.9 Å². The fraction of sp³-hybridized carbons (Fsp3) is 0.895. The van der Waals surface area contributed by atoms with Gasteiger partial charge < -0.3 is 20.5 Å². The molecule has 3 unspecified atom stereocenters. The molecule has 4 rings (SSSR count). The number of nitrogens with one attached hydrogen (secondary N) is 2. The lowest BCUT2D eigenvalue weighted by molar-refractivity contribution is -0.139. The summed E-state index contributed by atoms with van der Waals surface area (Å²) in [7, 11) is 0. The number of urea groups is 1. The van der Waals surface area contributed by atoms with Crippen molar-refractivity contribution in [3.05, 3.63) is 0 Å². The van der Waals surface area contributed by atoms with Gasteiger partial charge in [0.25, 0.3) is 0 Å². The van der Waals surface area contributed by atoms with Crippen LogP contribution in [0.15, 0.2) is 0 Å². The van der Waals surface area contributed by atoms with Crippen LogP contribution in [0.1, 0.15) is 51.9 Å². The maximum absolute atomic E-state index is 12.5. The number of likely N-dealkylation sites (N-methyl/N-ethyl adjacent to an activating group) is 1. The van der Waals surface area contributed by atoms with E-state index < -0.39 is 5.97 Å². The van der Waals surface area contributed by atoms with Gasteiger partial charge in [-0.25, -0.2) is 4.79 Å². The van der Waals surface area contributed by atoms with Gasteiger partial charge in [0, 0.05) is 36.1 Å².